The van der Waals surface area contributed by atoms with Gasteiger partial charge in [-0.25, -0.2) is 4.79 Å². The molecule has 1 amide bonds. The molecule has 3 rings (SSSR count). The molecule has 132 valence electrons. The van der Waals surface area contributed by atoms with Gasteiger partial charge in [0.25, 0.3) is 5.91 Å². The van der Waals surface area contributed by atoms with Crippen molar-refractivity contribution in [3.63, 3.8) is 0 Å². The summed E-state index contributed by atoms with van der Waals surface area (Å²) in [5, 5.41) is 13.3. The summed E-state index contributed by atoms with van der Waals surface area (Å²) < 4.78 is 5.03. The van der Waals surface area contributed by atoms with Crippen LogP contribution in [-0.2, 0) is 4.74 Å². The number of nitrogens with one attached hydrogen (secondary N) is 1. The van der Waals surface area contributed by atoms with Crippen molar-refractivity contribution < 1.29 is 19.4 Å². The summed E-state index contributed by atoms with van der Waals surface area (Å²) in [6.45, 7) is 3.83. The molecule has 0 saturated heterocycles. The molecule has 0 saturated carbocycles. The van der Waals surface area contributed by atoms with Crippen molar-refractivity contribution in [1.29, 1.82) is 0 Å². The number of pyridine rings is 1. The summed E-state index contributed by atoms with van der Waals surface area (Å²) in [5.41, 5.74) is 2.41. The number of amides is 1. The minimum absolute atomic E-state index is 0.104. The van der Waals surface area contributed by atoms with Crippen molar-refractivity contribution in [1.82, 2.24) is 4.98 Å². The van der Waals surface area contributed by atoms with Crippen LogP contribution in [0.25, 0.3) is 10.9 Å². The van der Waals surface area contributed by atoms with Crippen LogP contribution in [0.3, 0.4) is 0 Å². The minimum atomic E-state index is -0.448. The lowest BCUT2D eigenvalue weighted by molar-refractivity contribution is 0.0526. The molecular formula is C20H18N2O4. The lowest BCUT2D eigenvalue weighted by Gasteiger charge is -2.11. The number of benzene rings is 2. The molecule has 0 unspecified atom stereocenters. The quantitative estimate of drug-likeness (QED) is 0.701. The molecule has 0 bridgehead atoms. The van der Waals surface area contributed by atoms with E-state index in [1.807, 2.05) is 6.92 Å². The highest BCUT2D eigenvalue weighted by molar-refractivity contribution is 6.10. The van der Waals surface area contributed by atoms with Crippen LogP contribution >= 0.6 is 0 Å². The molecule has 6 nitrogen and oxygen atoms in total. The van der Waals surface area contributed by atoms with Gasteiger partial charge in [-0.3, -0.25) is 9.78 Å². The maximum absolute atomic E-state index is 12.5. The molecule has 6 heteroatoms. The number of carbonyl (C=O) groups excluding carboxylic acids is 2. The Bertz CT molecular complexity index is 998. The van der Waals surface area contributed by atoms with Crippen LogP contribution in [0.5, 0.6) is 5.75 Å². The van der Waals surface area contributed by atoms with E-state index >= 15 is 0 Å². The molecule has 2 N–H and O–H groups in total. The van der Waals surface area contributed by atoms with Crippen molar-refractivity contribution in [3.05, 3.63) is 65.4 Å². The van der Waals surface area contributed by atoms with E-state index in [1.54, 1.807) is 43.3 Å². The molecule has 2 aromatic carbocycles. The van der Waals surface area contributed by atoms with Crippen LogP contribution in [0.4, 0.5) is 5.69 Å². The number of aromatic hydroxyl groups is 1. The molecule has 0 aliphatic heterocycles. The highest BCUT2D eigenvalue weighted by atomic mass is 16.5. The number of carbonyl (C=O) groups is 2. The van der Waals surface area contributed by atoms with Crippen LogP contribution in [0.2, 0.25) is 0 Å². The average Bonchev–Trinajstić information content (AvgIpc) is 2.61. The first kappa shape index (κ1) is 17.4. The fourth-order valence-electron chi connectivity index (χ4n) is 2.66. The van der Waals surface area contributed by atoms with E-state index in [2.05, 4.69) is 10.3 Å². The van der Waals surface area contributed by atoms with Gasteiger partial charge in [-0.1, -0.05) is 12.1 Å². The third kappa shape index (κ3) is 3.49. The molecular weight excluding hydrogens is 332 g/mol. The molecule has 1 heterocycles. The molecule has 3 aromatic rings. The Hall–Kier alpha value is -3.41. The first-order valence-electron chi connectivity index (χ1n) is 8.17. The second-order valence-electron chi connectivity index (χ2n) is 5.73. The van der Waals surface area contributed by atoms with E-state index < -0.39 is 11.9 Å². The normalized spacial score (nSPS) is 10.5. The number of fused-ring (bicyclic) bond motifs is 1. The first-order valence-corrected chi connectivity index (χ1v) is 8.17. The molecule has 0 spiro atoms. The van der Waals surface area contributed by atoms with Crippen LogP contribution in [0.1, 0.15) is 33.3 Å². The number of aromatic nitrogens is 1. The predicted octanol–water partition coefficient (Wildman–Crippen LogP) is 3.68. The Morgan fingerprint density at radius 3 is 2.65 bits per heavy atom. The van der Waals surface area contributed by atoms with Gasteiger partial charge in [0.15, 0.2) is 0 Å². The van der Waals surface area contributed by atoms with Gasteiger partial charge in [0.05, 0.1) is 28.9 Å². The number of esters is 1. The fraction of sp³-hybridized carbons (Fsp3) is 0.150. The molecule has 1 aromatic heterocycles. The predicted molar refractivity (Wildman–Crippen MR) is 98.5 cm³/mol. The van der Waals surface area contributed by atoms with Crippen molar-refractivity contribution >= 4 is 28.5 Å². The molecule has 0 radical (unpaired) electrons. The summed E-state index contributed by atoms with van der Waals surface area (Å²) >= 11 is 0. The number of rotatable bonds is 4. The Morgan fingerprint density at radius 2 is 1.92 bits per heavy atom. The van der Waals surface area contributed by atoms with E-state index in [0.717, 1.165) is 0 Å². The zero-order chi connectivity index (χ0) is 18.7. The number of para-hydroxylation sites is 1. The molecule has 0 aliphatic carbocycles. The number of phenolic OH excluding ortho intramolecular Hbond substituents is 1. The highest BCUT2D eigenvalue weighted by Crippen LogP contribution is 2.26. The Kier molecular flexibility index (Phi) is 4.84. The van der Waals surface area contributed by atoms with E-state index in [0.29, 0.717) is 27.8 Å². The number of nitrogens with zero attached hydrogens (tertiary/aromatic N) is 1. The number of phenols is 1. The monoisotopic (exact) mass is 350 g/mol. The SMILES string of the molecule is CCOC(=O)c1ccc2nc(C)cc(NC(=O)c3ccccc3O)c2c1. The van der Waals surface area contributed by atoms with Gasteiger partial charge in [-0.05, 0) is 50.2 Å². The molecule has 26 heavy (non-hydrogen) atoms. The van der Waals surface area contributed by atoms with Gasteiger partial charge < -0.3 is 15.2 Å². The second kappa shape index (κ2) is 7.23. The first-order chi connectivity index (χ1) is 12.5. The number of hydrogen-bond donors (Lipinski definition) is 2. The van der Waals surface area contributed by atoms with Gasteiger partial charge in [0.2, 0.25) is 0 Å². The topological polar surface area (TPSA) is 88.5 Å². The summed E-state index contributed by atoms with van der Waals surface area (Å²) in [5.74, 6) is -0.989. The van der Waals surface area contributed by atoms with Gasteiger partial charge in [0.1, 0.15) is 5.75 Å². The maximum atomic E-state index is 12.5. The van der Waals surface area contributed by atoms with Crippen LogP contribution < -0.4 is 5.32 Å². The number of aryl methyl sites for hydroxylation is 1. The third-order valence-corrected chi connectivity index (χ3v) is 3.84. The maximum Gasteiger partial charge on any atom is 0.338 e. The van der Waals surface area contributed by atoms with Crippen LogP contribution in [0, 0.1) is 6.92 Å². The van der Waals surface area contributed by atoms with Crippen molar-refractivity contribution in [2.75, 3.05) is 11.9 Å². The van der Waals surface area contributed by atoms with Gasteiger partial charge >= 0.3 is 5.97 Å². The third-order valence-electron chi connectivity index (χ3n) is 3.84. The van der Waals surface area contributed by atoms with Gasteiger partial charge in [-0.2, -0.15) is 0 Å². The van der Waals surface area contributed by atoms with Crippen LogP contribution in [-0.4, -0.2) is 28.6 Å². The van der Waals surface area contributed by atoms with Gasteiger partial charge in [-0.15, -0.1) is 0 Å². The van der Waals surface area contributed by atoms with E-state index in [-0.39, 0.29) is 17.9 Å². The van der Waals surface area contributed by atoms with Crippen molar-refractivity contribution in [3.8, 4) is 5.75 Å². The van der Waals surface area contributed by atoms with E-state index in [9.17, 15) is 14.7 Å². The number of anilines is 1. The standard InChI is InChI=1S/C20H18N2O4/c1-3-26-20(25)13-8-9-16-15(11-13)17(10-12(2)21-16)22-19(24)14-6-4-5-7-18(14)23/h4-11,23H,3H2,1-2H3,(H,21,22,24). The Balaban J connectivity index is 2.03. The lowest BCUT2D eigenvalue weighted by atomic mass is 10.1. The summed E-state index contributed by atoms with van der Waals surface area (Å²) in [6.07, 6.45) is 0. The highest BCUT2D eigenvalue weighted by Gasteiger charge is 2.15. The van der Waals surface area contributed by atoms with E-state index in [4.69, 9.17) is 4.74 Å². The smallest absolute Gasteiger partial charge is 0.338 e. The van der Waals surface area contributed by atoms with Crippen molar-refractivity contribution in [2.45, 2.75) is 13.8 Å². The zero-order valence-electron chi connectivity index (χ0n) is 14.4. The molecule has 0 fully saturated rings. The molecule has 0 aliphatic rings. The number of hydrogen-bond acceptors (Lipinski definition) is 5. The Labute approximate surface area is 150 Å². The average molecular weight is 350 g/mol. The van der Waals surface area contributed by atoms with Gasteiger partial charge in [0, 0.05) is 11.1 Å². The fourth-order valence-corrected chi connectivity index (χ4v) is 2.66. The van der Waals surface area contributed by atoms with Crippen molar-refractivity contribution in [2.24, 2.45) is 0 Å². The number of ether oxygens (including phenoxy) is 1. The molecule has 0 atom stereocenters. The second-order valence-corrected chi connectivity index (χ2v) is 5.73. The minimum Gasteiger partial charge on any atom is -0.507 e. The van der Waals surface area contributed by atoms with Crippen LogP contribution in [0.15, 0.2) is 48.5 Å². The summed E-state index contributed by atoms with van der Waals surface area (Å²) in [4.78, 5) is 28.9. The zero-order valence-corrected chi connectivity index (χ0v) is 14.4. The summed E-state index contributed by atoms with van der Waals surface area (Å²) in [6, 6.07) is 13.0. The van der Waals surface area contributed by atoms with E-state index in [1.165, 1.54) is 12.1 Å². The lowest BCUT2D eigenvalue weighted by Crippen LogP contribution is -2.13. The largest absolute Gasteiger partial charge is 0.507 e. The summed E-state index contributed by atoms with van der Waals surface area (Å²) in [7, 11) is 0. The Morgan fingerprint density at radius 1 is 1.15 bits per heavy atom.